The van der Waals surface area contributed by atoms with Crippen molar-refractivity contribution in [2.45, 2.75) is 20.3 Å². The first kappa shape index (κ1) is 20.8. The number of aryl methyl sites for hydroxylation is 2. The number of para-hydroxylation sites is 1. The summed E-state index contributed by atoms with van der Waals surface area (Å²) >= 11 is 0. The first-order chi connectivity index (χ1) is 16.1. The number of fused-ring (bicyclic) bond motifs is 2. The van der Waals surface area contributed by atoms with Crippen LogP contribution in [0.2, 0.25) is 0 Å². The van der Waals surface area contributed by atoms with Crippen LogP contribution in [0.1, 0.15) is 22.4 Å². The zero-order valence-corrected chi connectivity index (χ0v) is 18.8. The molecular weight excluding hydrogens is 408 g/mol. The maximum atomic E-state index is 12.6. The fourth-order valence-corrected chi connectivity index (χ4v) is 4.12. The molecule has 5 heteroatoms. The van der Waals surface area contributed by atoms with Crippen molar-refractivity contribution in [3.8, 4) is 11.3 Å². The molecule has 5 aromatic rings. The first-order valence-electron chi connectivity index (χ1n) is 11.1. The number of imidazole rings is 1. The number of carbonyl (C=O) groups is 1. The molecule has 1 amide bonds. The molecule has 0 fully saturated rings. The van der Waals surface area contributed by atoms with Gasteiger partial charge < -0.3 is 10.3 Å². The number of hydrogen-bond acceptors (Lipinski definition) is 2. The Morgan fingerprint density at radius 3 is 2.73 bits per heavy atom. The molecule has 0 aliphatic heterocycles. The number of aromatic nitrogens is 3. The van der Waals surface area contributed by atoms with Gasteiger partial charge in [-0.15, -0.1) is 0 Å². The number of amides is 1. The van der Waals surface area contributed by atoms with Crippen molar-refractivity contribution in [1.82, 2.24) is 19.7 Å². The second-order valence-electron chi connectivity index (χ2n) is 8.38. The minimum atomic E-state index is -0.119. The van der Waals surface area contributed by atoms with Gasteiger partial charge in [-0.3, -0.25) is 9.20 Å². The number of rotatable bonds is 6. The molecule has 2 aromatic carbocycles. The Kier molecular flexibility index (Phi) is 5.53. The standard InChI is InChI=1S/C28H26N4O/c1-19-7-9-21(10-8-19)28-25(32-16-14-20(2)17-26(32)31-28)11-12-27(33)29-15-13-22-18-30-24-6-4-3-5-23(22)24/h3-12,14,16-18,30H,13,15H2,1-2H3,(H,29,33)/b12-11+. The van der Waals surface area contributed by atoms with Crippen LogP contribution in [0.25, 0.3) is 33.9 Å². The van der Waals surface area contributed by atoms with E-state index in [1.807, 2.05) is 41.1 Å². The zero-order valence-electron chi connectivity index (χ0n) is 18.8. The molecule has 3 heterocycles. The van der Waals surface area contributed by atoms with E-state index in [1.54, 1.807) is 6.08 Å². The molecule has 5 nitrogen and oxygen atoms in total. The van der Waals surface area contributed by atoms with Gasteiger partial charge in [-0.25, -0.2) is 4.98 Å². The van der Waals surface area contributed by atoms with Crippen molar-refractivity contribution in [2.24, 2.45) is 0 Å². The highest BCUT2D eigenvalue weighted by atomic mass is 16.1. The number of aromatic amines is 1. The van der Waals surface area contributed by atoms with Gasteiger partial charge in [-0.1, -0.05) is 48.0 Å². The van der Waals surface area contributed by atoms with Gasteiger partial charge in [0.05, 0.1) is 11.4 Å². The summed E-state index contributed by atoms with van der Waals surface area (Å²) in [4.78, 5) is 20.7. The van der Waals surface area contributed by atoms with E-state index in [0.29, 0.717) is 6.54 Å². The molecule has 164 valence electrons. The van der Waals surface area contributed by atoms with E-state index in [2.05, 4.69) is 66.6 Å². The Morgan fingerprint density at radius 1 is 1.06 bits per heavy atom. The predicted molar refractivity (Wildman–Crippen MR) is 134 cm³/mol. The Morgan fingerprint density at radius 2 is 1.88 bits per heavy atom. The van der Waals surface area contributed by atoms with Gasteiger partial charge in [0.15, 0.2) is 0 Å². The van der Waals surface area contributed by atoms with Crippen LogP contribution in [-0.4, -0.2) is 26.8 Å². The molecule has 0 unspecified atom stereocenters. The first-order valence-corrected chi connectivity index (χ1v) is 11.1. The van der Waals surface area contributed by atoms with Crippen molar-refractivity contribution in [2.75, 3.05) is 6.54 Å². The molecule has 0 aliphatic carbocycles. The normalized spacial score (nSPS) is 11.6. The van der Waals surface area contributed by atoms with E-state index >= 15 is 0 Å². The van der Waals surface area contributed by atoms with Gasteiger partial charge in [0, 0.05) is 41.5 Å². The average Bonchev–Trinajstić information content (AvgIpc) is 3.39. The van der Waals surface area contributed by atoms with Crippen LogP contribution in [-0.2, 0) is 11.2 Å². The fourth-order valence-electron chi connectivity index (χ4n) is 4.12. The van der Waals surface area contributed by atoms with Gasteiger partial charge in [-0.2, -0.15) is 0 Å². The third-order valence-electron chi connectivity index (χ3n) is 5.90. The summed E-state index contributed by atoms with van der Waals surface area (Å²) in [6.07, 6.45) is 8.24. The lowest BCUT2D eigenvalue weighted by molar-refractivity contribution is -0.116. The number of benzene rings is 2. The fraction of sp³-hybridized carbons (Fsp3) is 0.143. The van der Waals surface area contributed by atoms with Gasteiger partial charge >= 0.3 is 0 Å². The van der Waals surface area contributed by atoms with Gasteiger partial charge in [0.25, 0.3) is 0 Å². The Labute approximate surface area is 192 Å². The molecule has 5 rings (SSSR count). The molecule has 0 atom stereocenters. The minimum Gasteiger partial charge on any atom is -0.361 e. The molecule has 3 aromatic heterocycles. The molecule has 33 heavy (non-hydrogen) atoms. The summed E-state index contributed by atoms with van der Waals surface area (Å²) < 4.78 is 2.03. The van der Waals surface area contributed by atoms with E-state index in [1.165, 1.54) is 16.5 Å². The largest absolute Gasteiger partial charge is 0.361 e. The number of pyridine rings is 1. The summed E-state index contributed by atoms with van der Waals surface area (Å²) in [5.41, 5.74) is 8.31. The van der Waals surface area contributed by atoms with Crippen molar-refractivity contribution in [1.29, 1.82) is 0 Å². The van der Waals surface area contributed by atoms with E-state index in [-0.39, 0.29) is 5.91 Å². The third-order valence-corrected chi connectivity index (χ3v) is 5.90. The van der Waals surface area contributed by atoms with E-state index < -0.39 is 0 Å². The molecule has 0 spiro atoms. The highest BCUT2D eigenvalue weighted by Gasteiger charge is 2.12. The summed E-state index contributed by atoms with van der Waals surface area (Å²) in [7, 11) is 0. The maximum Gasteiger partial charge on any atom is 0.244 e. The molecule has 0 saturated heterocycles. The van der Waals surface area contributed by atoms with E-state index in [4.69, 9.17) is 4.98 Å². The average molecular weight is 435 g/mol. The monoisotopic (exact) mass is 434 g/mol. The number of nitrogens with one attached hydrogen (secondary N) is 2. The minimum absolute atomic E-state index is 0.119. The van der Waals surface area contributed by atoms with Gasteiger partial charge in [-0.05, 0) is 55.7 Å². The summed E-state index contributed by atoms with van der Waals surface area (Å²) in [5, 5.41) is 4.20. The lowest BCUT2D eigenvalue weighted by Crippen LogP contribution is -2.23. The molecular formula is C28H26N4O. The molecule has 0 bridgehead atoms. The van der Waals surface area contributed by atoms with Crippen LogP contribution in [0, 0.1) is 13.8 Å². The van der Waals surface area contributed by atoms with Gasteiger partial charge in [0.1, 0.15) is 5.65 Å². The topological polar surface area (TPSA) is 62.2 Å². The van der Waals surface area contributed by atoms with Crippen LogP contribution < -0.4 is 5.32 Å². The lowest BCUT2D eigenvalue weighted by atomic mass is 10.1. The molecule has 0 radical (unpaired) electrons. The second-order valence-corrected chi connectivity index (χ2v) is 8.38. The van der Waals surface area contributed by atoms with Crippen LogP contribution in [0.4, 0.5) is 0 Å². The Balaban J connectivity index is 1.35. The van der Waals surface area contributed by atoms with Crippen LogP contribution in [0.5, 0.6) is 0 Å². The molecule has 0 aliphatic rings. The number of carbonyl (C=O) groups excluding carboxylic acids is 1. The van der Waals surface area contributed by atoms with E-state index in [9.17, 15) is 4.79 Å². The number of nitrogens with zero attached hydrogens (tertiary/aromatic N) is 2. The van der Waals surface area contributed by atoms with Crippen molar-refractivity contribution < 1.29 is 4.79 Å². The van der Waals surface area contributed by atoms with Gasteiger partial charge in [0.2, 0.25) is 5.91 Å². The zero-order chi connectivity index (χ0) is 22.8. The number of H-pyrrole nitrogens is 1. The SMILES string of the molecule is Cc1ccc(-c2nc3cc(C)ccn3c2/C=C/C(=O)NCCc2c[nH]c3ccccc23)cc1. The second kappa shape index (κ2) is 8.79. The maximum absolute atomic E-state index is 12.6. The van der Waals surface area contributed by atoms with Crippen LogP contribution in [0.3, 0.4) is 0 Å². The highest BCUT2D eigenvalue weighted by molar-refractivity contribution is 5.93. The molecule has 0 saturated carbocycles. The van der Waals surface area contributed by atoms with Crippen molar-refractivity contribution in [3.05, 3.63) is 102 Å². The quantitative estimate of drug-likeness (QED) is 0.348. The van der Waals surface area contributed by atoms with Crippen molar-refractivity contribution in [3.63, 3.8) is 0 Å². The lowest BCUT2D eigenvalue weighted by Gasteiger charge is -2.03. The predicted octanol–water partition coefficient (Wildman–Crippen LogP) is 5.47. The highest BCUT2D eigenvalue weighted by Crippen LogP contribution is 2.26. The van der Waals surface area contributed by atoms with Crippen LogP contribution in [0.15, 0.2) is 79.1 Å². The van der Waals surface area contributed by atoms with Crippen molar-refractivity contribution >= 4 is 28.5 Å². The summed E-state index contributed by atoms with van der Waals surface area (Å²) in [6.45, 7) is 4.69. The number of hydrogen-bond donors (Lipinski definition) is 2. The Bertz CT molecular complexity index is 1470. The van der Waals surface area contributed by atoms with Crippen LogP contribution >= 0.6 is 0 Å². The Hall–Kier alpha value is -4.12. The third kappa shape index (κ3) is 4.30. The van der Waals surface area contributed by atoms with E-state index in [0.717, 1.165) is 40.1 Å². The summed E-state index contributed by atoms with van der Waals surface area (Å²) in [6, 6.07) is 20.6. The molecule has 2 N–H and O–H groups in total. The smallest absolute Gasteiger partial charge is 0.244 e. The summed E-state index contributed by atoms with van der Waals surface area (Å²) in [5.74, 6) is -0.119.